The molecule has 2 N–H and O–H groups in total. The maximum Gasteiger partial charge on any atom is 0.274 e. The molecular weight excluding hydrogens is 380 g/mol. The van der Waals surface area contributed by atoms with Gasteiger partial charge in [0.2, 0.25) is 0 Å². The number of Topliss-reactive ketones (excluding diaryl/α,β-unsaturated/α-hetero) is 1. The molecule has 1 fully saturated rings. The fourth-order valence-electron chi connectivity index (χ4n) is 5.37. The molecule has 0 unspecified atom stereocenters. The van der Waals surface area contributed by atoms with Crippen molar-refractivity contribution in [2.24, 2.45) is 0 Å². The molecule has 5 aliphatic rings. The lowest BCUT2D eigenvalue weighted by Crippen LogP contribution is -2.65. The Labute approximate surface area is 164 Å². The maximum absolute atomic E-state index is 12.7. The topological polar surface area (TPSA) is 107 Å². The minimum Gasteiger partial charge on any atom is -0.508 e. The monoisotopic (exact) mass is 396 g/mol. The molecule has 1 saturated heterocycles. The number of hydrogen-bond acceptors (Lipinski definition) is 8. The SMILES string of the molecule is CO[C@@H]1CC(=O)c2cccc3c2[C@@]12Oc1ccc(O)c4c1[C@](O3)(O2)[C@@H]1O[C@@H]1[C@@H]4O. The molecule has 2 bridgehead atoms. The number of phenolic OH excluding ortho intramolecular Hbond substituents is 1. The minimum absolute atomic E-state index is 0.0807. The third-order valence-corrected chi connectivity index (χ3v) is 6.62. The Morgan fingerprint density at radius 3 is 2.72 bits per heavy atom. The molecule has 2 aromatic rings. The Morgan fingerprint density at radius 2 is 1.90 bits per heavy atom. The van der Waals surface area contributed by atoms with E-state index in [1.54, 1.807) is 24.3 Å². The Morgan fingerprint density at radius 1 is 1.10 bits per heavy atom. The average Bonchev–Trinajstić information content (AvgIpc) is 3.52. The van der Waals surface area contributed by atoms with Crippen LogP contribution < -0.4 is 9.47 Å². The Balaban J connectivity index is 1.59. The van der Waals surface area contributed by atoms with E-state index in [4.69, 9.17) is 23.7 Å². The predicted octanol–water partition coefficient (Wildman–Crippen LogP) is 1.62. The quantitative estimate of drug-likeness (QED) is 0.701. The highest BCUT2D eigenvalue weighted by molar-refractivity contribution is 6.00. The van der Waals surface area contributed by atoms with Crippen molar-refractivity contribution in [1.29, 1.82) is 0 Å². The summed E-state index contributed by atoms with van der Waals surface area (Å²) in [6.45, 7) is 0. The van der Waals surface area contributed by atoms with Crippen molar-refractivity contribution in [3.8, 4) is 17.2 Å². The zero-order chi connectivity index (χ0) is 19.7. The normalized spacial score (nSPS) is 39.4. The molecule has 0 amide bonds. The zero-order valence-electron chi connectivity index (χ0n) is 15.2. The molecule has 29 heavy (non-hydrogen) atoms. The standard InChI is InChI=1S/C21H16O8/c1-25-13-7-10(23)8-3-2-4-11-15(8)20(13)27-12-6-5-9(22)14-16(12)21(28-11,29-20)19-18(26-19)17(14)24/h2-6,13,17-19,22,24H,7H2,1H3/t13-,17-,18-,19-,20-,21+/m1/s1. The number of methoxy groups -OCH3 is 1. The van der Waals surface area contributed by atoms with Crippen molar-refractivity contribution in [3.63, 3.8) is 0 Å². The molecule has 2 aliphatic carbocycles. The van der Waals surface area contributed by atoms with Gasteiger partial charge in [0.25, 0.3) is 11.6 Å². The van der Waals surface area contributed by atoms with E-state index in [0.29, 0.717) is 28.2 Å². The summed E-state index contributed by atoms with van der Waals surface area (Å²) in [5.74, 6) is -2.16. The second-order valence-electron chi connectivity index (χ2n) is 8.01. The number of aliphatic hydroxyl groups excluding tert-OH is 1. The Bertz CT molecular complexity index is 1130. The summed E-state index contributed by atoms with van der Waals surface area (Å²) in [5.41, 5.74) is 1.66. The van der Waals surface area contributed by atoms with E-state index < -0.39 is 36.0 Å². The van der Waals surface area contributed by atoms with Gasteiger partial charge in [-0.15, -0.1) is 0 Å². The first kappa shape index (κ1) is 16.2. The van der Waals surface area contributed by atoms with Gasteiger partial charge in [-0.05, 0) is 18.2 Å². The van der Waals surface area contributed by atoms with E-state index in [2.05, 4.69) is 0 Å². The smallest absolute Gasteiger partial charge is 0.274 e. The molecule has 7 rings (SSSR count). The second-order valence-corrected chi connectivity index (χ2v) is 8.01. The van der Waals surface area contributed by atoms with Crippen molar-refractivity contribution in [2.75, 3.05) is 7.11 Å². The molecule has 8 heteroatoms. The summed E-state index contributed by atoms with van der Waals surface area (Å²) >= 11 is 0. The lowest BCUT2D eigenvalue weighted by atomic mass is 9.76. The number of fused-ring (bicyclic) bond motifs is 1. The minimum atomic E-state index is -1.42. The first-order valence-corrected chi connectivity index (χ1v) is 9.48. The van der Waals surface area contributed by atoms with Crippen molar-refractivity contribution >= 4 is 5.78 Å². The van der Waals surface area contributed by atoms with Crippen LogP contribution in [0.15, 0.2) is 30.3 Å². The van der Waals surface area contributed by atoms with E-state index in [9.17, 15) is 15.0 Å². The van der Waals surface area contributed by atoms with E-state index in [1.165, 1.54) is 13.2 Å². The molecule has 0 radical (unpaired) electrons. The number of phenols is 1. The van der Waals surface area contributed by atoms with Crippen LogP contribution in [0.5, 0.6) is 17.2 Å². The van der Waals surface area contributed by atoms with Crippen LogP contribution in [0, 0.1) is 0 Å². The number of epoxide rings is 1. The van der Waals surface area contributed by atoms with E-state index in [-0.39, 0.29) is 23.5 Å². The predicted molar refractivity (Wildman–Crippen MR) is 93.6 cm³/mol. The molecule has 2 spiro atoms. The zero-order valence-corrected chi connectivity index (χ0v) is 15.2. The van der Waals surface area contributed by atoms with Gasteiger partial charge in [0, 0.05) is 24.7 Å². The van der Waals surface area contributed by atoms with Gasteiger partial charge in [-0.1, -0.05) is 12.1 Å². The summed E-state index contributed by atoms with van der Waals surface area (Å²) in [7, 11) is 1.51. The number of ether oxygens (including phenoxy) is 5. The number of rotatable bonds is 1. The summed E-state index contributed by atoms with van der Waals surface area (Å²) in [6, 6.07) is 8.30. The maximum atomic E-state index is 12.7. The van der Waals surface area contributed by atoms with Crippen LogP contribution >= 0.6 is 0 Å². The number of carbonyl (C=O) groups excluding carboxylic acids is 1. The molecule has 8 nitrogen and oxygen atoms in total. The van der Waals surface area contributed by atoms with Crippen LogP contribution in [0.2, 0.25) is 0 Å². The van der Waals surface area contributed by atoms with Gasteiger partial charge in [0.1, 0.15) is 35.6 Å². The first-order chi connectivity index (χ1) is 14.0. The third kappa shape index (κ3) is 1.62. The van der Waals surface area contributed by atoms with Crippen LogP contribution in [0.3, 0.4) is 0 Å². The average molecular weight is 396 g/mol. The highest BCUT2D eigenvalue weighted by Gasteiger charge is 2.75. The van der Waals surface area contributed by atoms with Crippen LogP contribution in [0.4, 0.5) is 0 Å². The van der Waals surface area contributed by atoms with Gasteiger partial charge in [0.15, 0.2) is 11.9 Å². The Hall–Kier alpha value is -2.65. The van der Waals surface area contributed by atoms with Crippen LogP contribution in [-0.4, -0.2) is 41.4 Å². The van der Waals surface area contributed by atoms with Gasteiger partial charge in [-0.25, -0.2) is 0 Å². The Kier molecular flexibility index (Phi) is 2.64. The molecule has 6 atom stereocenters. The second kappa shape index (κ2) is 4.73. The molecular formula is C21H16O8. The number of benzene rings is 2. The lowest BCUT2D eigenvalue weighted by Gasteiger charge is -2.56. The van der Waals surface area contributed by atoms with E-state index in [0.717, 1.165) is 0 Å². The highest BCUT2D eigenvalue weighted by atomic mass is 16.8. The van der Waals surface area contributed by atoms with Gasteiger partial charge < -0.3 is 29.2 Å². The van der Waals surface area contributed by atoms with Crippen molar-refractivity contribution < 1.29 is 38.7 Å². The van der Waals surface area contributed by atoms with E-state index in [1.807, 2.05) is 0 Å². The molecule has 148 valence electrons. The number of aliphatic hydroxyl groups is 1. The van der Waals surface area contributed by atoms with Gasteiger partial charge in [-0.2, -0.15) is 0 Å². The van der Waals surface area contributed by atoms with Crippen molar-refractivity contribution in [3.05, 3.63) is 52.6 Å². The number of aromatic hydroxyl groups is 1. The number of hydrogen-bond donors (Lipinski definition) is 2. The first-order valence-electron chi connectivity index (χ1n) is 9.48. The summed E-state index contributed by atoms with van der Waals surface area (Å²) in [4.78, 5) is 12.7. The van der Waals surface area contributed by atoms with Crippen LogP contribution in [-0.2, 0) is 25.8 Å². The molecule has 3 heterocycles. The van der Waals surface area contributed by atoms with Crippen LogP contribution in [0.1, 0.15) is 39.6 Å². The summed E-state index contributed by atoms with van der Waals surface area (Å²) in [5, 5.41) is 21.2. The largest absolute Gasteiger partial charge is 0.508 e. The lowest BCUT2D eigenvalue weighted by molar-refractivity contribution is -0.391. The van der Waals surface area contributed by atoms with Gasteiger partial charge in [-0.3, -0.25) is 9.53 Å². The number of carbonyl (C=O) groups is 1. The fourth-order valence-corrected chi connectivity index (χ4v) is 5.37. The fraction of sp³-hybridized carbons (Fsp3) is 0.381. The van der Waals surface area contributed by atoms with Crippen LogP contribution in [0.25, 0.3) is 0 Å². The molecule has 2 aromatic carbocycles. The van der Waals surface area contributed by atoms with Crippen molar-refractivity contribution in [2.45, 2.75) is 42.4 Å². The highest BCUT2D eigenvalue weighted by Crippen LogP contribution is 2.67. The van der Waals surface area contributed by atoms with E-state index >= 15 is 0 Å². The molecule has 0 aromatic heterocycles. The van der Waals surface area contributed by atoms with Gasteiger partial charge >= 0.3 is 0 Å². The summed E-state index contributed by atoms with van der Waals surface area (Å²) in [6.07, 6.45) is -2.81. The molecule has 0 saturated carbocycles. The summed E-state index contributed by atoms with van der Waals surface area (Å²) < 4.78 is 30.8. The number of ketones is 1. The van der Waals surface area contributed by atoms with Gasteiger partial charge in [0.05, 0.1) is 11.1 Å². The van der Waals surface area contributed by atoms with Crippen molar-refractivity contribution in [1.82, 2.24) is 0 Å². The third-order valence-electron chi connectivity index (χ3n) is 6.62. The molecule has 3 aliphatic heterocycles.